The molecule has 0 aromatic rings. The summed E-state index contributed by atoms with van der Waals surface area (Å²) in [5, 5.41) is 53.2. The Balaban J connectivity index is 4.04. The molecule has 98 valence electrons. The van der Waals surface area contributed by atoms with Crippen LogP contribution < -0.4 is 0 Å². The van der Waals surface area contributed by atoms with Crippen molar-refractivity contribution in [1.29, 1.82) is 0 Å². The van der Waals surface area contributed by atoms with Gasteiger partial charge in [0.1, 0.15) is 0 Å². The summed E-state index contributed by atoms with van der Waals surface area (Å²) < 4.78 is 0. The minimum absolute atomic E-state index is 0.120. The Morgan fingerprint density at radius 1 is 0.625 bits per heavy atom. The third kappa shape index (κ3) is 7.98. The molecule has 6 heteroatoms. The van der Waals surface area contributed by atoms with Gasteiger partial charge in [-0.1, -0.05) is 0 Å². The summed E-state index contributed by atoms with van der Waals surface area (Å²) in [6.45, 7) is -0.152. The average Bonchev–Trinajstić information content (AvgIpc) is 2.17. The number of hydrogen-bond acceptors (Lipinski definition) is 6. The molecule has 1 unspecified atom stereocenters. The molecule has 0 radical (unpaired) electrons. The Kier molecular flexibility index (Phi) is 8.73. The number of hydrogen-bond donors (Lipinski definition) is 6. The lowest BCUT2D eigenvalue weighted by Crippen LogP contribution is -2.24. The summed E-state index contributed by atoms with van der Waals surface area (Å²) in [4.78, 5) is 0. The highest BCUT2D eigenvalue weighted by Gasteiger charge is 2.20. The number of rotatable bonds is 9. The van der Waals surface area contributed by atoms with E-state index in [1.165, 1.54) is 0 Å². The van der Waals surface area contributed by atoms with Gasteiger partial charge < -0.3 is 30.6 Å². The molecule has 0 aliphatic heterocycles. The Morgan fingerprint density at radius 2 is 1.06 bits per heavy atom. The lowest BCUT2D eigenvalue weighted by Gasteiger charge is -2.23. The third-order valence-corrected chi connectivity index (χ3v) is 2.56. The minimum atomic E-state index is -1.43. The van der Waals surface area contributed by atoms with E-state index in [1.807, 2.05) is 0 Å². The van der Waals surface area contributed by atoms with Gasteiger partial charge in [-0.15, -0.1) is 0 Å². The Hall–Kier alpha value is -0.240. The van der Waals surface area contributed by atoms with E-state index in [4.69, 9.17) is 25.5 Å². The van der Waals surface area contributed by atoms with Crippen LogP contribution in [0.3, 0.4) is 0 Å². The second-order valence-corrected chi connectivity index (χ2v) is 3.96. The summed E-state index contributed by atoms with van der Waals surface area (Å²) >= 11 is 0. The lowest BCUT2D eigenvalue weighted by molar-refractivity contribution is -0.0634. The highest BCUT2D eigenvalue weighted by molar-refractivity contribution is 4.70. The van der Waals surface area contributed by atoms with E-state index in [0.29, 0.717) is 12.8 Å². The molecule has 6 nitrogen and oxygen atoms in total. The summed E-state index contributed by atoms with van der Waals surface area (Å²) in [6.07, 6.45) is -2.44. The van der Waals surface area contributed by atoms with Crippen LogP contribution in [0.5, 0.6) is 0 Å². The first kappa shape index (κ1) is 15.8. The molecule has 0 heterocycles. The zero-order chi connectivity index (χ0) is 12.6. The van der Waals surface area contributed by atoms with Gasteiger partial charge in [0, 0.05) is 6.61 Å². The van der Waals surface area contributed by atoms with Crippen molar-refractivity contribution in [2.45, 2.75) is 50.8 Å². The molecule has 0 bridgehead atoms. The quantitative estimate of drug-likeness (QED) is 0.273. The summed E-state index contributed by atoms with van der Waals surface area (Å²) in [6, 6.07) is 0. The molecule has 0 rings (SSSR count). The highest BCUT2D eigenvalue weighted by Crippen LogP contribution is 2.21. The zero-order valence-corrected chi connectivity index (χ0v) is 9.24. The van der Waals surface area contributed by atoms with Gasteiger partial charge in [-0.25, -0.2) is 0 Å². The smallest absolute Gasteiger partial charge is 0.151 e. The molecule has 1 atom stereocenters. The fraction of sp³-hybridized carbons (Fsp3) is 1.00. The maximum absolute atomic E-state index is 9.65. The molecule has 0 saturated carbocycles. The third-order valence-electron chi connectivity index (χ3n) is 2.56. The SMILES string of the molecule is OCCC(O)C(CCC(O)O)CCC(O)O. The van der Waals surface area contributed by atoms with Gasteiger partial charge >= 0.3 is 0 Å². The van der Waals surface area contributed by atoms with Gasteiger partial charge in [-0.05, 0) is 38.0 Å². The van der Waals surface area contributed by atoms with E-state index in [1.54, 1.807) is 0 Å². The van der Waals surface area contributed by atoms with E-state index in [2.05, 4.69) is 0 Å². The van der Waals surface area contributed by atoms with E-state index in [0.717, 1.165) is 0 Å². The topological polar surface area (TPSA) is 121 Å². The normalized spacial score (nSPS) is 14.1. The first-order valence-electron chi connectivity index (χ1n) is 5.48. The van der Waals surface area contributed by atoms with Gasteiger partial charge in [0.2, 0.25) is 0 Å². The fourth-order valence-electron chi connectivity index (χ4n) is 1.62. The molecule has 0 saturated heterocycles. The van der Waals surface area contributed by atoms with Crippen molar-refractivity contribution in [2.24, 2.45) is 5.92 Å². The van der Waals surface area contributed by atoms with Gasteiger partial charge in [0.05, 0.1) is 6.10 Å². The van der Waals surface area contributed by atoms with E-state index >= 15 is 0 Å². The van der Waals surface area contributed by atoms with E-state index < -0.39 is 18.7 Å². The first-order chi connectivity index (χ1) is 7.47. The largest absolute Gasteiger partial charge is 0.396 e. The van der Waals surface area contributed by atoms with Crippen molar-refractivity contribution in [2.75, 3.05) is 6.61 Å². The number of aliphatic hydroxyl groups is 6. The van der Waals surface area contributed by atoms with Gasteiger partial charge in [-0.2, -0.15) is 0 Å². The first-order valence-corrected chi connectivity index (χ1v) is 5.48. The molecule has 0 aromatic heterocycles. The molecule has 0 aromatic carbocycles. The summed E-state index contributed by atoms with van der Waals surface area (Å²) in [7, 11) is 0. The van der Waals surface area contributed by atoms with Crippen LogP contribution in [0, 0.1) is 5.92 Å². The molecule has 6 N–H and O–H groups in total. The zero-order valence-electron chi connectivity index (χ0n) is 9.24. The van der Waals surface area contributed by atoms with Crippen molar-refractivity contribution in [3.63, 3.8) is 0 Å². The monoisotopic (exact) mass is 238 g/mol. The van der Waals surface area contributed by atoms with Crippen LogP contribution in [0.25, 0.3) is 0 Å². The molecule has 0 aliphatic rings. The lowest BCUT2D eigenvalue weighted by atomic mass is 9.90. The maximum atomic E-state index is 9.65. The standard InChI is InChI=1S/C10H22O6/c11-6-5-8(12)7(1-3-9(13)14)2-4-10(15)16/h7-16H,1-6H2. The second-order valence-electron chi connectivity index (χ2n) is 3.96. The molecule has 0 fully saturated rings. The van der Waals surface area contributed by atoms with Crippen LogP contribution in [0.4, 0.5) is 0 Å². The van der Waals surface area contributed by atoms with Gasteiger partial charge in [0.25, 0.3) is 0 Å². The summed E-state index contributed by atoms with van der Waals surface area (Å²) in [5.41, 5.74) is 0. The molecule has 16 heavy (non-hydrogen) atoms. The van der Waals surface area contributed by atoms with Crippen molar-refractivity contribution in [3.05, 3.63) is 0 Å². The van der Waals surface area contributed by atoms with E-state index in [-0.39, 0.29) is 31.8 Å². The average molecular weight is 238 g/mol. The Labute approximate surface area is 94.8 Å². The highest BCUT2D eigenvalue weighted by atomic mass is 16.5. The molecule has 0 amide bonds. The molecular formula is C10H22O6. The predicted molar refractivity (Wildman–Crippen MR) is 56.1 cm³/mol. The van der Waals surface area contributed by atoms with Crippen molar-refractivity contribution < 1.29 is 30.6 Å². The van der Waals surface area contributed by atoms with Gasteiger partial charge in [0.15, 0.2) is 12.6 Å². The van der Waals surface area contributed by atoms with Gasteiger partial charge in [-0.3, -0.25) is 0 Å². The Morgan fingerprint density at radius 3 is 1.38 bits per heavy atom. The summed E-state index contributed by atoms with van der Waals surface area (Å²) in [5.74, 6) is -0.268. The van der Waals surface area contributed by atoms with Crippen molar-refractivity contribution >= 4 is 0 Å². The van der Waals surface area contributed by atoms with Crippen LogP contribution in [-0.4, -0.2) is 55.9 Å². The second kappa shape index (κ2) is 8.86. The predicted octanol–water partition coefficient (Wildman–Crippen LogP) is -1.47. The van der Waals surface area contributed by atoms with Crippen LogP contribution >= 0.6 is 0 Å². The maximum Gasteiger partial charge on any atom is 0.151 e. The van der Waals surface area contributed by atoms with Crippen molar-refractivity contribution in [3.8, 4) is 0 Å². The van der Waals surface area contributed by atoms with Crippen LogP contribution in [0.15, 0.2) is 0 Å². The fourth-order valence-corrected chi connectivity index (χ4v) is 1.62. The van der Waals surface area contributed by atoms with Crippen LogP contribution in [0.2, 0.25) is 0 Å². The molecular weight excluding hydrogens is 216 g/mol. The number of aliphatic hydroxyl groups excluding tert-OH is 4. The minimum Gasteiger partial charge on any atom is -0.396 e. The van der Waals surface area contributed by atoms with Crippen LogP contribution in [-0.2, 0) is 0 Å². The Bertz CT molecular complexity index is 149. The molecule has 0 spiro atoms. The van der Waals surface area contributed by atoms with Crippen molar-refractivity contribution in [1.82, 2.24) is 0 Å². The molecule has 0 aliphatic carbocycles. The van der Waals surface area contributed by atoms with E-state index in [9.17, 15) is 5.11 Å². The van der Waals surface area contributed by atoms with Crippen LogP contribution in [0.1, 0.15) is 32.1 Å².